The number of hydrogen-bond donors (Lipinski definition) is 1. The summed E-state index contributed by atoms with van der Waals surface area (Å²) < 4.78 is 0. The highest BCUT2D eigenvalue weighted by molar-refractivity contribution is 5.83. The molecule has 3 heteroatoms. The van der Waals surface area contributed by atoms with Crippen molar-refractivity contribution in [1.29, 1.82) is 0 Å². The van der Waals surface area contributed by atoms with Gasteiger partial charge in [0.25, 0.3) is 0 Å². The maximum atomic E-state index is 12.0. The Morgan fingerprint density at radius 2 is 1.91 bits per heavy atom. The Morgan fingerprint density at radius 1 is 1.13 bits per heavy atom. The van der Waals surface area contributed by atoms with E-state index in [0.717, 1.165) is 32.1 Å². The second kappa shape index (κ2) is 12.1. The molecular weight excluding hydrogens is 288 g/mol. The molecule has 1 rings (SSSR count). The lowest BCUT2D eigenvalue weighted by Crippen LogP contribution is -2.12. The maximum absolute atomic E-state index is 12.0. The van der Waals surface area contributed by atoms with Gasteiger partial charge in [-0.2, -0.15) is 0 Å². The van der Waals surface area contributed by atoms with Gasteiger partial charge in [-0.1, -0.05) is 50.5 Å². The summed E-state index contributed by atoms with van der Waals surface area (Å²) in [4.78, 5) is 22.5. The van der Waals surface area contributed by atoms with E-state index in [0.29, 0.717) is 18.1 Å². The monoisotopic (exact) mass is 320 g/mol. The van der Waals surface area contributed by atoms with Crippen LogP contribution in [0.4, 0.5) is 0 Å². The van der Waals surface area contributed by atoms with Gasteiger partial charge in [0, 0.05) is 18.8 Å². The highest BCUT2D eigenvalue weighted by Gasteiger charge is 2.31. The quantitative estimate of drug-likeness (QED) is 0.391. The number of rotatable bonds is 12. The number of unbranched alkanes of at least 4 members (excludes halogenated alkanes) is 4. The first-order chi connectivity index (χ1) is 11.1. The van der Waals surface area contributed by atoms with Crippen LogP contribution in [0.5, 0.6) is 0 Å². The lowest BCUT2D eigenvalue weighted by Gasteiger charge is -2.13. The average molecular weight is 320 g/mol. The minimum atomic E-state index is -0.759. The minimum Gasteiger partial charge on any atom is -0.481 e. The van der Waals surface area contributed by atoms with Crippen molar-refractivity contribution in [1.82, 2.24) is 0 Å². The van der Waals surface area contributed by atoms with Crippen LogP contribution in [-0.2, 0) is 9.59 Å². The van der Waals surface area contributed by atoms with Gasteiger partial charge in [0.15, 0.2) is 0 Å². The van der Waals surface area contributed by atoms with Crippen molar-refractivity contribution in [3.8, 4) is 0 Å². The maximum Gasteiger partial charge on any atom is 0.303 e. The molecule has 3 nitrogen and oxygen atoms in total. The second-order valence-electron chi connectivity index (χ2n) is 6.53. The van der Waals surface area contributed by atoms with Crippen molar-refractivity contribution in [2.24, 2.45) is 11.8 Å². The van der Waals surface area contributed by atoms with Gasteiger partial charge in [-0.05, 0) is 44.4 Å². The van der Waals surface area contributed by atoms with Crippen LogP contribution in [0.1, 0.15) is 77.6 Å². The third-order valence-corrected chi connectivity index (χ3v) is 4.60. The van der Waals surface area contributed by atoms with Crippen molar-refractivity contribution in [2.75, 3.05) is 0 Å². The lowest BCUT2D eigenvalue weighted by molar-refractivity contribution is -0.136. The van der Waals surface area contributed by atoms with Crippen molar-refractivity contribution >= 4 is 11.8 Å². The van der Waals surface area contributed by atoms with E-state index in [1.165, 1.54) is 25.7 Å². The van der Waals surface area contributed by atoms with Crippen LogP contribution in [0.25, 0.3) is 0 Å². The van der Waals surface area contributed by atoms with E-state index in [-0.39, 0.29) is 12.3 Å². The van der Waals surface area contributed by atoms with Gasteiger partial charge in [-0.15, -0.1) is 0 Å². The predicted molar refractivity (Wildman–Crippen MR) is 94.4 cm³/mol. The fourth-order valence-electron chi connectivity index (χ4n) is 3.22. The van der Waals surface area contributed by atoms with Crippen LogP contribution < -0.4 is 0 Å². The molecule has 1 fully saturated rings. The van der Waals surface area contributed by atoms with E-state index >= 15 is 0 Å². The van der Waals surface area contributed by atoms with E-state index in [9.17, 15) is 9.59 Å². The molecule has 2 atom stereocenters. The Hall–Kier alpha value is -1.38. The molecule has 1 saturated carbocycles. The lowest BCUT2D eigenvalue weighted by atomic mass is 9.90. The van der Waals surface area contributed by atoms with E-state index in [2.05, 4.69) is 19.1 Å². The van der Waals surface area contributed by atoms with E-state index in [4.69, 9.17) is 5.11 Å². The Kier molecular flexibility index (Phi) is 10.3. The van der Waals surface area contributed by atoms with Crippen LogP contribution in [0.3, 0.4) is 0 Å². The minimum absolute atomic E-state index is 0.172. The normalized spacial score (nSPS) is 21.7. The number of allylic oxidation sites excluding steroid dienone is 4. The Morgan fingerprint density at radius 3 is 2.65 bits per heavy atom. The zero-order chi connectivity index (χ0) is 16.9. The SMILES string of the molecule is CCCCCCC=C[C@H]1CCC(=O)[C@@H]1CC/C=C/CCC(=O)O. The van der Waals surface area contributed by atoms with Gasteiger partial charge in [-0.3, -0.25) is 9.59 Å². The van der Waals surface area contributed by atoms with E-state index in [1.807, 2.05) is 12.2 Å². The summed E-state index contributed by atoms with van der Waals surface area (Å²) in [6.45, 7) is 2.22. The van der Waals surface area contributed by atoms with Gasteiger partial charge in [0.05, 0.1) is 0 Å². The van der Waals surface area contributed by atoms with Crippen molar-refractivity contribution in [3.63, 3.8) is 0 Å². The van der Waals surface area contributed by atoms with E-state index < -0.39 is 5.97 Å². The largest absolute Gasteiger partial charge is 0.481 e. The number of ketones is 1. The first-order valence-corrected chi connectivity index (χ1v) is 9.21. The molecule has 0 aromatic heterocycles. The summed E-state index contributed by atoms with van der Waals surface area (Å²) in [5.74, 6) is 0.237. The van der Waals surface area contributed by atoms with Gasteiger partial charge in [0.2, 0.25) is 0 Å². The van der Waals surface area contributed by atoms with Crippen molar-refractivity contribution in [3.05, 3.63) is 24.3 Å². The first-order valence-electron chi connectivity index (χ1n) is 9.21. The molecule has 0 spiro atoms. The summed E-state index contributed by atoms with van der Waals surface area (Å²) in [6, 6.07) is 0. The summed E-state index contributed by atoms with van der Waals surface area (Å²) in [5, 5.41) is 8.58. The molecule has 0 bridgehead atoms. The van der Waals surface area contributed by atoms with E-state index in [1.54, 1.807) is 0 Å². The van der Waals surface area contributed by atoms with Crippen LogP contribution in [0.15, 0.2) is 24.3 Å². The van der Waals surface area contributed by atoms with Gasteiger partial charge in [0.1, 0.15) is 5.78 Å². The standard InChI is InChI=1S/C20H32O3/c1-2-3-4-5-6-9-12-17-15-16-19(21)18(17)13-10-7-8-11-14-20(22)23/h7-9,12,17-18H,2-6,10-11,13-16H2,1H3,(H,22,23)/b8-7+,12-9?/t17-,18+/m0/s1. The third kappa shape index (κ3) is 8.73. The number of Topliss-reactive ketones (excluding diaryl/α,β-unsaturated/α-hetero) is 1. The molecule has 0 heterocycles. The molecule has 0 aromatic rings. The highest BCUT2D eigenvalue weighted by Crippen LogP contribution is 2.33. The molecule has 1 aliphatic rings. The highest BCUT2D eigenvalue weighted by atomic mass is 16.4. The Bertz CT molecular complexity index is 409. The number of carbonyl (C=O) groups excluding carboxylic acids is 1. The molecule has 0 amide bonds. The zero-order valence-corrected chi connectivity index (χ0v) is 14.5. The van der Waals surface area contributed by atoms with Crippen LogP contribution in [-0.4, -0.2) is 16.9 Å². The third-order valence-electron chi connectivity index (χ3n) is 4.60. The molecular formula is C20H32O3. The Balaban J connectivity index is 2.26. The molecule has 0 unspecified atom stereocenters. The molecule has 1 N–H and O–H groups in total. The number of aliphatic carboxylic acids is 1. The van der Waals surface area contributed by atoms with Crippen molar-refractivity contribution in [2.45, 2.75) is 77.6 Å². The second-order valence-corrected chi connectivity index (χ2v) is 6.53. The molecule has 0 aliphatic heterocycles. The number of carbonyl (C=O) groups is 2. The topological polar surface area (TPSA) is 54.4 Å². The summed E-state index contributed by atoms with van der Waals surface area (Å²) >= 11 is 0. The van der Waals surface area contributed by atoms with Gasteiger partial charge >= 0.3 is 5.97 Å². The molecule has 130 valence electrons. The fourth-order valence-corrected chi connectivity index (χ4v) is 3.22. The number of hydrogen-bond acceptors (Lipinski definition) is 2. The van der Waals surface area contributed by atoms with Gasteiger partial charge < -0.3 is 5.11 Å². The van der Waals surface area contributed by atoms with Crippen LogP contribution in [0, 0.1) is 11.8 Å². The predicted octanol–water partition coefficient (Wildman–Crippen LogP) is 5.31. The summed E-state index contributed by atoms with van der Waals surface area (Å²) in [5.41, 5.74) is 0. The molecule has 0 radical (unpaired) electrons. The summed E-state index contributed by atoms with van der Waals surface area (Å²) in [6.07, 6.45) is 19.0. The number of carboxylic acids is 1. The van der Waals surface area contributed by atoms with Crippen LogP contribution in [0.2, 0.25) is 0 Å². The number of carboxylic acid groups (broad SMARTS) is 1. The molecule has 1 aliphatic carbocycles. The van der Waals surface area contributed by atoms with Crippen LogP contribution >= 0.6 is 0 Å². The fraction of sp³-hybridized carbons (Fsp3) is 0.700. The molecule has 23 heavy (non-hydrogen) atoms. The first kappa shape index (κ1) is 19.7. The van der Waals surface area contributed by atoms with Crippen molar-refractivity contribution < 1.29 is 14.7 Å². The Labute approximate surface area is 140 Å². The average Bonchev–Trinajstić information content (AvgIpc) is 2.86. The molecule has 0 aromatic carbocycles. The summed E-state index contributed by atoms with van der Waals surface area (Å²) in [7, 11) is 0. The smallest absolute Gasteiger partial charge is 0.303 e. The molecule has 0 saturated heterocycles. The van der Waals surface area contributed by atoms with Gasteiger partial charge in [-0.25, -0.2) is 0 Å². The zero-order valence-electron chi connectivity index (χ0n) is 14.5.